The second-order valence-electron chi connectivity index (χ2n) is 7.80. The van der Waals surface area contributed by atoms with E-state index in [0.717, 1.165) is 0 Å². The number of rotatable bonds is 7. The molecule has 2 aromatic heterocycles. The normalized spacial score (nSPS) is 16.7. The van der Waals surface area contributed by atoms with Crippen LogP contribution >= 0.6 is 0 Å². The summed E-state index contributed by atoms with van der Waals surface area (Å²) in [7, 11) is -2.16. The molecular weight excluding hydrogens is 464 g/mol. The molecule has 1 atom stereocenters. The van der Waals surface area contributed by atoms with Crippen molar-refractivity contribution in [2.24, 2.45) is 13.0 Å². The van der Waals surface area contributed by atoms with Gasteiger partial charge in [0, 0.05) is 44.7 Å². The fourth-order valence-corrected chi connectivity index (χ4v) is 5.17. The van der Waals surface area contributed by atoms with Gasteiger partial charge < -0.3 is 10.1 Å². The highest BCUT2D eigenvalue weighted by molar-refractivity contribution is 7.89. The second-order valence-corrected chi connectivity index (χ2v) is 9.74. The zero-order valence-corrected chi connectivity index (χ0v) is 19.0. The van der Waals surface area contributed by atoms with E-state index in [2.05, 4.69) is 15.4 Å². The van der Waals surface area contributed by atoms with Gasteiger partial charge in [0.2, 0.25) is 15.9 Å². The third-order valence-corrected chi connectivity index (χ3v) is 7.13. The van der Waals surface area contributed by atoms with Gasteiger partial charge in [0.05, 0.1) is 35.0 Å². The number of anilines is 1. The summed E-state index contributed by atoms with van der Waals surface area (Å²) in [5.74, 6) is -0.521. The first-order valence-electron chi connectivity index (χ1n) is 10.4. The van der Waals surface area contributed by atoms with Gasteiger partial charge in [-0.2, -0.15) is 9.40 Å². The Morgan fingerprint density at radius 1 is 1.26 bits per heavy atom. The molecule has 1 saturated heterocycles. The standard InChI is InChI=1S/C21H22N6O6S/c1-25-14-20(12-23-25)34(31,32)26-7-3-4-15(13-26)21(28)24-16-8-17(27(29)30)10-19(9-16)33-18-5-2-6-22-11-18/h2,5-6,8-12,14-15H,3-4,7,13H2,1H3,(H,24,28)/t15-/m0/s1. The number of hydrogen-bond acceptors (Lipinski definition) is 8. The highest BCUT2D eigenvalue weighted by atomic mass is 32.2. The van der Waals surface area contributed by atoms with Gasteiger partial charge in [-0.3, -0.25) is 24.6 Å². The predicted molar refractivity (Wildman–Crippen MR) is 121 cm³/mol. The lowest BCUT2D eigenvalue weighted by molar-refractivity contribution is -0.384. The maximum Gasteiger partial charge on any atom is 0.275 e. The molecule has 1 aliphatic rings. The van der Waals surface area contributed by atoms with Crippen molar-refractivity contribution in [2.45, 2.75) is 17.7 Å². The van der Waals surface area contributed by atoms with Crippen molar-refractivity contribution in [3.63, 3.8) is 0 Å². The van der Waals surface area contributed by atoms with Crippen LogP contribution in [0.2, 0.25) is 0 Å². The Morgan fingerprint density at radius 2 is 2.09 bits per heavy atom. The van der Waals surface area contributed by atoms with E-state index in [9.17, 15) is 23.3 Å². The molecule has 12 nitrogen and oxygen atoms in total. The molecular formula is C21H22N6O6S. The molecule has 1 aliphatic heterocycles. The summed E-state index contributed by atoms with van der Waals surface area (Å²) in [5, 5.41) is 18.0. The molecule has 0 saturated carbocycles. The van der Waals surface area contributed by atoms with Crippen molar-refractivity contribution in [2.75, 3.05) is 18.4 Å². The highest BCUT2D eigenvalue weighted by Gasteiger charge is 2.34. The zero-order chi connectivity index (χ0) is 24.3. The number of ether oxygens (including phenoxy) is 1. The number of aromatic nitrogens is 3. The smallest absolute Gasteiger partial charge is 0.275 e. The van der Waals surface area contributed by atoms with E-state index < -0.39 is 26.8 Å². The summed E-state index contributed by atoms with van der Waals surface area (Å²) < 4.78 is 34.1. The van der Waals surface area contributed by atoms with Crippen LogP contribution in [-0.4, -0.2) is 51.4 Å². The summed E-state index contributed by atoms with van der Waals surface area (Å²) in [6.07, 6.45) is 6.68. The Kier molecular flexibility index (Phi) is 6.56. The van der Waals surface area contributed by atoms with Gasteiger partial charge in [0.1, 0.15) is 16.4 Å². The van der Waals surface area contributed by atoms with Crippen molar-refractivity contribution in [1.29, 1.82) is 0 Å². The van der Waals surface area contributed by atoms with Gasteiger partial charge >= 0.3 is 0 Å². The molecule has 3 aromatic rings. The minimum absolute atomic E-state index is 0.00295. The molecule has 1 aromatic carbocycles. The lowest BCUT2D eigenvalue weighted by Gasteiger charge is -2.30. The van der Waals surface area contributed by atoms with E-state index in [1.807, 2.05) is 0 Å². The summed E-state index contributed by atoms with van der Waals surface area (Å²) in [6.45, 7) is 0.290. The topological polar surface area (TPSA) is 150 Å². The van der Waals surface area contributed by atoms with Crippen LogP contribution < -0.4 is 10.1 Å². The Hall–Kier alpha value is -3.84. The van der Waals surface area contributed by atoms with Crippen LogP contribution in [0.25, 0.3) is 0 Å². The Bertz CT molecular complexity index is 1310. The number of hydrogen-bond donors (Lipinski definition) is 1. The van der Waals surface area contributed by atoms with E-state index in [1.165, 1.54) is 45.8 Å². The van der Waals surface area contributed by atoms with E-state index in [-0.39, 0.29) is 28.6 Å². The van der Waals surface area contributed by atoms with Crippen LogP contribution in [0, 0.1) is 16.0 Å². The molecule has 0 unspecified atom stereocenters. The van der Waals surface area contributed by atoms with Gasteiger partial charge in [0.15, 0.2) is 0 Å². The summed E-state index contributed by atoms with van der Waals surface area (Å²) in [6, 6.07) is 7.23. The largest absolute Gasteiger partial charge is 0.455 e. The zero-order valence-electron chi connectivity index (χ0n) is 18.2. The van der Waals surface area contributed by atoms with E-state index in [0.29, 0.717) is 25.1 Å². The van der Waals surface area contributed by atoms with Crippen molar-refractivity contribution >= 4 is 27.3 Å². The summed E-state index contributed by atoms with van der Waals surface area (Å²) in [5.41, 5.74) is -0.0913. The molecule has 0 aliphatic carbocycles. The van der Waals surface area contributed by atoms with Crippen molar-refractivity contribution in [3.8, 4) is 11.5 Å². The first-order valence-corrected chi connectivity index (χ1v) is 11.8. The average Bonchev–Trinajstić information content (AvgIpc) is 3.27. The van der Waals surface area contributed by atoms with Crippen LogP contribution in [-0.2, 0) is 21.9 Å². The molecule has 0 spiro atoms. The third-order valence-electron chi connectivity index (χ3n) is 5.31. The highest BCUT2D eigenvalue weighted by Crippen LogP contribution is 2.30. The SMILES string of the molecule is Cn1cc(S(=O)(=O)N2CCC[C@H](C(=O)Nc3cc(Oc4cccnc4)cc([N+](=O)[O-])c3)C2)cn1. The number of carbonyl (C=O) groups is 1. The van der Waals surface area contributed by atoms with Crippen molar-refractivity contribution in [3.05, 3.63) is 65.2 Å². The molecule has 1 fully saturated rings. The number of non-ortho nitro benzene ring substituents is 1. The summed E-state index contributed by atoms with van der Waals surface area (Å²) in [4.78, 5) is 27.7. The third kappa shape index (κ3) is 5.21. The second kappa shape index (κ2) is 9.57. The fourth-order valence-electron chi connectivity index (χ4n) is 3.66. The van der Waals surface area contributed by atoms with Crippen LogP contribution in [0.3, 0.4) is 0 Å². The molecule has 13 heteroatoms. The number of pyridine rings is 1. The maximum absolute atomic E-state index is 13.0. The quantitative estimate of drug-likeness (QED) is 0.395. The molecule has 1 amide bonds. The average molecular weight is 487 g/mol. The number of nitrogens with zero attached hydrogens (tertiary/aromatic N) is 5. The minimum Gasteiger partial charge on any atom is -0.455 e. The van der Waals surface area contributed by atoms with Gasteiger partial charge in [0.25, 0.3) is 5.69 Å². The number of piperidine rings is 1. The molecule has 3 heterocycles. The van der Waals surface area contributed by atoms with Crippen molar-refractivity contribution < 1.29 is 22.9 Å². The number of amides is 1. The number of benzene rings is 1. The number of sulfonamides is 1. The fraction of sp³-hybridized carbons (Fsp3) is 0.286. The van der Waals surface area contributed by atoms with Crippen molar-refractivity contribution in [1.82, 2.24) is 19.1 Å². The lowest BCUT2D eigenvalue weighted by atomic mass is 9.98. The lowest BCUT2D eigenvalue weighted by Crippen LogP contribution is -2.43. The number of nitro benzene ring substituents is 1. The number of nitro groups is 1. The first-order chi connectivity index (χ1) is 16.2. The maximum atomic E-state index is 13.0. The summed E-state index contributed by atoms with van der Waals surface area (Å²) >= 11 is 0. The number of aryl methyl sites for hydroxylation is 1. The predicted octanol–water partition coefficient (Wildman–Crippen LogP) is 2.56. The minimum atomic E-state index is -3.78. The number of carbonyl (C=O) groups excluding carboxylic acids is 1. The molecule has 0 radical (unpaired) electrons. The van der Waals surface area contributed by atoms with Crippen LogP contribution in [0.4, 0.5) is 11.4 Å². The Morgan fingerprint density at radius 3 is 2.76 bits per heavy atom. The molecule has 1 N–H and O–H groups in total. The Labute approximate surface area is 195 Å². The van der Waals surface area contributed by atoms with Crippen LogP contribution in [0.5, 0.6) is 11.5 Å². The molecule has 34 heavy (non-hydrogen) atoms. The van der Waals surface area contributed by atoms with Gasteiger partial charge in [-0.05, 0) is 25.0 Å². The molecule has 0 bridgehead atoms. The molecule has 178 valence electrons. The molecule has 4 rings (SSSR count). The van der Waals surface area contributed by atoms with E-state index in [1.54, 1.807) is 25.4 Å². The monoisotopic (exact) mass is 486 g/mol. The van der Waals surface area contributed by atoms with E-state index >= 15 is 0 Å². The number of nitrogens with one attached hydrogen (secondary N) is 1. The Balaban J connectivity index is 1.50. The van der Waals surface area contributed by atoms with Gasteiger partial charge in [-0.1, -0.05) is 0 Å². The van der Waals surface area contributed by atoms with Crippen LogP contribution in [0.15, 0.2) is 60.0 Å². The van der Waals surface area contributed by atoms with Gasteiger partial charge in [-0.25, -0.2) is 8.42 Å². The van der Waals surface area contributed by atoms with Crippen LogP contribution in [0.1, 0.15) is 12.8 Å². The van der Waals surface area contributed by atoms with Gasteiger partial charge in [-0.15, -0.1) is 0 Å². The first kappa shape index (κ1) is 23.3. The van der Waals surface area contributed by atoms with E-state index in [4.69, 9.17) is 4.74 Å².